The predicted octanol–water partition coefficient (Wildman–Crippen LogP) is 1.98. The highest BCUT2D eigenvalue weighted by Crippen LogP contribution is 2.16. The van der Waals surface area contributed by atoms with Crippen molar-refractivity contribution in [3.8, 4) is 17.6 Å². The van der Waals surface area contributed by atoms with Crippen molar-refractivity contribution < 1.29 is 14.3 Å². The van der Waals surface area contributed by atoms with Gasteiger partial charge >= 0.3 is 0 Å². The van der Waals surface area contributed by atoms with Crippen molar-refractivity contribution in [3.63, 3.8) is 0 Å². The third kappa shape index (κ3) is 3.94. The lowest BCUT2D eigenvalue weighted by Gasteiger charge is -2.08. The molecule has 0 spiro atoms. The van der Waals surface area contributed by atoms with Gasteiger partial charge in [-0.15, -0.1) is 0 Å². The normalized spacial score (nSPS) is 9.52. The van der Waals surface area contributed by atoms with Crippen molar-refractivity contribution in [1.29, 1.82) is 5.26 Å². The molecule has 0 radical (unpaired) electrons. The minimum atomic E-state index is -0.361. The molecule has 0 aliphatic rings. The zero-order chi connectivity index (χ0) is 15.1. The summed E-state index contributed by atoms with van der Waals surface area (Å²) in [5.74, 6) is 1.02. The number of carbonyl (C=O) groups is 1. The van der Waals surface area contributed by atoms with Crippen molar-refractivity contribution in [3.05, 3.63) is 48.2 Å². The summed E-state index contributed by atoms with van der Waals surface area (Å²) < 4.78 is 10.3. The molecule has 0 unspecified atom stereocenters. The first-order chi connectivity index (χ1) is 10.2. The molecule has 6 nitrogen and oxygen atoms in total. The minimum Gasteiger partial charge on any atom is -0.495 e. The van der Waals surface area contributed by atoms with E-state index in [9.17, 15) is 4.79 Å². The molecule has 1 amide bonds. The number of carbonyl (C=O) groups excluding carboxylic acids is 1. The number of aromatic nitrogens is 1. The van der Waals surface area contributed by atoms with Crippen LogP contribution < -0.4 is 14.8 Å². The fourth-order valence-electron chi connectivity index (χ4n) is 1.58. The number of pyridine rings is 1. The van der Waals surface area contributed by atoms with Gasteiger partial charge < -0.3 is 14.8 Å². The quantitative estimate of drug-likeness (QED) is 0.907. The summed E-state index contributed by atoms with van der Waals surface area (Å²) in [5, 5.41) is 11.5. The Morgan fingerprint density at radius 2 is 2.14 bits per heavy atom. The standard InChI is InChI=1S/C15H13N3O3/c1-20-12-6-7-14(17-9-12)18-15(19)10-21-13-5-3-2-4-11(13)8-16/h2-7,9H,10H2,1H3,(H,17,18,19). The van der Waals surface area contributed by atoms with Crippen LogP contribution in [0.3, 0.4) is 0 Å². The lowest BCUT2D eigenvalue weighted by atomic mass is 10.2. The molecule has 0 saturated carbocycles. The van der Waals surface area contributed by atoms with Crippen LogP contribution in [0.25, 0.3) is 0 Å². The van der Waals surface area contributed by atoms with E-state index >= 15 is 0 Å². The first kappa shape index (κ1) is 14.3. The van der Waals surface area contributed by atoms with Gasteiger partial charge in [-0.05, 0) is 24.3 Å². The molecule has 2 aromatic rings. The molecule has 0 aliphatic carbocycles. The van der Waals surface area contributed by atoms with Crippen LogP contribution in [0.4, 0.5) is 5.82 Å². The maximum absolute atomic E-state index is 11.7. The molecule has 0 aliphatic heterocycles. The molecule has 0 bridgehead atoms. The third-order valence-corrected chi connectivity index (χ3v) is 2.61. The Labute approximate surface area is 121 Å². The molecule has 106 valence electrons. The van der Waals surface area contributed by atoms with Crippen molar-refractivity contribution in [1.82, 2.24) is 4.98 Å². The number of ether oxygens (including phenoxy) is 2. The van der Waals surface area contributed by atoms with E-state index in [1.54, 1.807) is 36.4 Å². The predicted molar refractivity (Wildman–Crippen MR) is 76.1 cm³/mol. The van der Waals surface area contributed by atoms with E-state index in [0.29, 0.717) is 22.9 Å². The molecule has 1 aromatic heterocycles. The lowest BCUT2D eigenvalue weighted by molar-refractivity contribution is -0.118. The van der Waals surface area contributed by atoms with E-state index in [2.05, 4.69) is 10.3 Å². The van der Waals surface area contributed by atoms with Crippen molar-refractivity contribution in [2.24, 2.45) is 0 Å². The highest BCUT2D eigenvalue weighted by Gasteiger charge is 2.07. The van der Waals surface area contributed by atoms with Gasteiger partial charge in [0.25, 0.3) is 5.91 Å². The molecular weight excluding hydrogens is 270 g/mol. The second-order valence-electron chi connectivity index (χ2n) is 4.03. The van der Waals surface area contributed by atoms with Gasteiger partial charge in [0.2, 0.25) is 0 Å². The number of hydrogen-bond acceptors (Lipinski definition) is 5. The summed E-state index contributed by atoms with van der Waals surface area (Å²) in [6, 6.07) is 12.0. The van der Waals surface area contributed by atoms with E-state index < -0.39 is 0 Å². The second kappa shape index (κ2) is 6.91. The van der Waals surface area contributed by atoms with Crippen molar-refractivity contribution >= 4 is 11.7 Å². The molecular formula is C15H13N3O3. The van der Waals surface area contributed by atoms with Gasteiger partial charge in [-0.2, -0.15) is 5.26 Å². The molecule has 0 atom stereocenters. The maximum Gasteiger partial charge on any atom is 0.263 e. The van der Waals surface area contributed by atoms with Crippen LogP contribution in [0.1, 0.15) is 5.56 Å². The average molecular weight is 283 g/mol. The van der Waals surface area contributed by atoms with E-state index in [1.807, 2.05) is 6.07 Å². The Morgan fingerprint density at radius 1 is 1.33 bits per heavy atom. The molecule has 21 heavy (non-hydrogen) atoms. The molecule has 0 saturated heterocycles. The largest absolute Gasteiger partial charge is 0.495 e. The Morgan fingerprint density at radius 3 is 2.81 bits per heavy atom. The number of amides is 1. The molecule has 6 heteroatoms. The van der Waals surface area contributed by atoms with Gasteiger partial charge in [0.15, 0.2) is 6.61 Å². The lowest BCUT2D eigenvalue weighted by Crippen LogP contribution is -2.21. The van der Waals surface area contributed by atoms with Crippen molar-refractivity contribution in [2.45, 2.75) is 0 Å². The molecule has 1 heterocycles. The fourth-order valence-corrected chi connectivity index (χ4v) is 1.58. The highest BCUT2D eigenvalue weighted by atomic mass is 16.5. The first-order valence-electron chi connectivity index (χ1n) is 6.14. The number of rotatable bonds is 5. The maximum atomic E-state index is 11.7. The number of nitriles is 1. The molecule has 1 N–H and O–H groups in total. The number of nitrogens with one attached hydrogen (secondary N) is 1. The van der Waals surface area contributed by atoms with Gasteiger partial charge in [0.1, 0.15) is 23.4 Å². The van der Waals surface area contributed by atoms with Crippen molar-refractivity contribution in [2.75, 3.05) is 19.0 Å². The molecule has 2 rings (SSSR count). The van der Waals surface area contributed by atoms with Gasteiger partial charge in [-0.3, -0.25) is 4.79 Å². The minimum absolute atomic E-state index is 0.202. The smallest absolute Gasteiger partial charge is 0.263 e. The number of benzene rings is 1. The van der Waals surface area contributed by atoms with E-state index in [0.717, 1.165) is 0 Å². The van der Waals surface area contributed by atoms with Gasteiger partial charge in [-0.1, -0.05) is 12.1 Å². The van der Waals surface area contributed by atoms with Crippen LogP contribution in [-0.4, -0.2) is 24.6 Å². The zero-order valence-electron chi connectivity index (χ0n) is 11.4. The topological polar surface area (TPSA) is 84.2 Å². The van der Waals surface area contributed by atoms with Gasteiger partial charge in [0.05, 0.1) is 18.9 Å². The van der Waals surface area contributed by atoms with Crippen LogP contribution in [0.5, 0.6) is 11.5 Å². The Balaban J connectivity index is 1.91. The second-order valence-corrected chi connectivity index (χ2v) is 4.03. The summed E-state index contributed by atoms with van der Waals surface area (Å²) in [4.78, 5) is 15.8. The highest BCUT2D eigenvalue weighted by molar-refractivity contribution is 5.91. The van der Waals surface area contributed by atoms with Gasteiger partial charge in [-0.25, -0.2) is 4.98 Å². The van der Waals surface area contributed by atoms with Crippen LogP contribution in [0.15, 0.2) is 42.6 Å². The van der Waals surface area contributed by atoms with E-state index in [1.165, 1.54) is 13.3 Å². The SMILES string of the molecule is COc1ccc(NC(=O)COc2ccccc2C#N)nc1. The van der Waals surface area contributed by atoms with E-state index in [-0.39, 0.29) is 12.5 Å². The number of methoxy groups -OCH3 is 1. The number of hydrogen-bond donors (Lipinski definition) is 1. The third-order valence-electron chi connectivity index (χ3n) is 2.61. The number of nitrogens with zero attached hydrogens (tertiary/aromatic N) is 2. The monoisotopic (exact) mass is 283 g/mol. The summed E-state index contributed by atoms with van der Waals surface area (Å²) in [7, 11) is 1.54. The van der Waals surface area contributed by atoms with E-state index in [4.69, 9.17) is 14.7 Å². The molecule has 1 aromatic carbocycles. The summed E-state index contributed by atoms with van der Waals surface area (Å²) in [5.41, 5.74) is 0.382. The Bertz CT molecular complexity index is 663. The van der Waals surface area contributed by atoms with Crippen LogP contribution in [0.2, 0.25) is 0 Å². The van der Waals surface area contributed by atoms with Crippen LogP contribution >= 0.6 is 0 Å². The summed E-state index contributed by atoms with van der Waals surface area (Å²) in [6.07, 6.45) is 1.50. The summed E-state index contributed by atoms with van der Waals surface area (Å²) in [6.45, 7) is -0.202. The first-order valence-corrected chi connectivity index (χ1v) is 6.14. The Hall–Kier alpha value is -3.07. The molecule has 0 fully saturated rings. The Kier molecular flexibility index (Phi) is 4.72. The number of anilines is 1. The summed E-state index contributed by atoms with van der Waals surface area (Å²) >= 11 is 0. The van der Waals surface area contributed by atoms with Crippen LogP contribution in [0, 0.1) is 11.3 Å². The van der Waals surface area contributed by atoms with Crippen LogP contribution in [-0.2, 0) is 4.79 Å². The fraction of sp³-hybridized carbons (Fsp3) is 0.133. The zero-order valence-corrected chi connectivity index (χ0v) is 11.4. The number of para-hydroxylation sites is 1. The average Bonchev–Trinajstić information content (AvgIpc) is 2.54. The van der Waals surface area contributed by atoms with Gasteiger partial charge in [0, 0.05) is 0 Å².